The Labute approximate surface area is 70.0 Å². The first-order chi connectivity index (χ1) is 3.93. The van der Waals surface area contributed by atoms with Crippen LogP contribution in [0, 0.1) is 6.07 Å². The third kappa shape index (κ3) is 3.41. The van der Waals surface area contributed by atoms with E-state index >= 15 is 0 Å². The van der Waals surface area contributed by atoms with Gasteiger partial charge in [0.2, 0.25) is 0 Å². The van der Waals surface area contributed by atoms with Gasteiger partial charge in [0.1, 0.15) is 0 Å². The van der Waals surface area contributed by atoms with Crippen LogP contribution in [0.3, 0.4) is 0 Å². The number of benzene rings is 1. The van der Waals surface area contributed by atoms with Crippen LogP contribution in [0.15, 0.2) is 24.3 Å². The van der Waals surface area contributed by atoms with Crippen molar-refractivity contribution in [3.05, 3.63) is 35.9 Å². The minimum Gasteiger partial charge on any atom is -0.412 e. The standard InChI is InChI=1S/C7H5O.Fe.H2O/c8-6-7-4-2-1-3-5-7;;/h1-4,6H;;1H2/q-1;;. The van der Waals surface area contributed by atoms with E-state index in [9.17, 15) is 4.79 Å². The average molecular weight is 179 g/mol. The van der Waals surface area contributed by atoms with E-state index in [4.69, 9.17) is 0 Å². The van der Waals surface area contributed by atoms with E-state index in [-0.39, 0.29) is 22.5 Å². The summed E-state index contributed by atoms with van der Waals surface area (Å²) in [5.74, 6) is 0. The van der Waals surface area contributed by atoms with E-state index < -0.39 is 0 Å². The molecule has 3 heteroatoms. The Bertz CT molecular complexity index is 174. The van der Waals surface area contributed by atoms with Gasteiger partial charge in [-0.15, -0.1) is 35.9 Å². The zero-order valence-electron chi connectivity index (χ0n) is 5.15. The first kappa shape index (κ1) is 12.1. The summed E-state index contributed by atoms with van der Waals surface area (Å²) in [5, 5.41) is 0. The van der Waals surface area contributed by atoms with E-state index in [1.165, 1.54) is 0 Å². The molecule has 10 heavy (non-hydrogen) atoms. The molecule has 0 amide bonds. The molecule has 0 radical (unpaired) electrons. The maximum atomic E-state index is 9.98. The van der Waals surface area contributed by atoms with Gasteiger partial charge in [-0.1, -0.05) is 0 Å². The Hall–Kier alpha value is -0.631. The number of rotatable bonds is 1. The van der Waals surface area contributed by atoms with Crippen LogP contribution in [-0.4, -0.2) is 11.8 Å². The molecule has 0 atom stereocenters. The second-order valence-corrected chi connectivity index (χ2v) is 1.44. The van der Waals surface area contributed by atoms with Crippen LogP contribution in [-0.2, 0) is 17.1 Å². The predicted molar refractivity (Wildman–Crippen MR) is 34.3 cm³/mol. The molecule has 1 rings (SSSR count). The van der Waals surface area contributed by atoms with Crippen LogP contribution in [0.25, 0.3) is 0 Å². The Morgan fingerprint density at radius 2 is 2.10 bits per heavy atom. The second-order valence-electron chi connectivity index (χ2n) is 1.44. The third-order valence-corrected chi connectivity index (χ3v) is 0.860. The molecule has 0 fully saturated rings. The normalized spacial score (nSPS) is 6.80. The molecule has 0 heterocycles. The summed E-state index contributed by atoms with van der Waals surface area (Å²) < 4.78 is 0. The van der Waals surface area contributed by atoms with Gasteiger partial charge < -0.3 is 10.3 Å². The summed E-state index contributed by atoms with van der Waals surface area (Å²) in [4.78, 5) is 9.98. The molecule has 0 bridgehead atoms. The van der Waals surface area contributed by atoms with Crippen molar-refractivity contribution in [2.45, 2.75) is 0 Å². The minimum atomic E-state index is 0. The summed E-state index contributed by atoms with van der Waals surface area (Å²) in [6, 6.07) is 9.81. The summed E-state index contributed by atoms with van der Waals surface area (Å²) in [7, 11) is 0. The Balaban J connectivity index is 0. The summed E-state index contributed by atoms with van der Waals surface area (Å²) in [5.41, 5.74) is 0.604. The van der Waals surface area contributed by atoms with Crippen LogP contribution in [0.5, 0.6) is 0 Å². The van der Waals surface area contributed by atoms with Gasteiger partial charge in [-0.2, -0.15) is 0 Å². The van der Waals surface area contributed by atoms with Crippen molar-refractivity contribution < 1.29 is 27.3 Å². The number of aldehydes is 1. The van der Waals surface area contributed by atoms with Gasteiger partial charge in [0.15, 0.2) is 0 Å². The Morgan fingerprint density at radius 1 is 1.40 bits per heavy atom. The molecule has 1 aromatic rings. The van der Waals surface area contributed by atoms with Crippen molar-refractivity contribution >= 4 is 6.29 Å². The van der Waals surface area contributed by atoms with Crippen LogP contribution < -0.4 is 0 Å². The molecule has 0 aromatic heterocycles. The molecule has 0 aliphatic carbocycles. The van der Waals surface area contributed by atoms with Gasteiger partial charge in [0, 0.05) is 17.1 Å². The smallest absolute Gasteiger partial charge is 0.0655 e. The largest absolute Gasteiger partial charge is 0.412 e. The Kier molecular flexibility index (Phi) is 7.84. The van der Waals surface area contributed by atoms with Gasteiger partial charge in [-0.05, 0) is 0 Å². The molecule has 56 valence electrons. The van der Waals surface area contributed by atoms with Gasteiger partial charge in [-0.25, -0.2) is 0 Å². The summed E-state index contributed by atoms with van der Waals surface area (Å²) in [6.45, 7) is 0. The summed E-state index contributed by atoms with van der Waals surface area (Å²) >= 11 is 0. The molecule has 0 saturated heterocycles. The van der Waals surface area contributed by atoms with E-state index in [0.29, 0.717) is 5.56 Å². The van der Waals surface area contributed by atoms with E-state index in [1.54, 1.807) is 18.2 Å². The quantitative estimate of drug-likeness (QED) is 0.351. The van der Waals surface area contributed by atoms with Crippen molar-refractivity contribution in [3.63, 3.8) is 0 Å². The van der Waals surface area contributed by atoms with Crippen LogP contribution in [0.1, 0.15) is 10.4 Å². The Morgan fingerprint density at radius 3 is 2.40 bits per heavy atom. The monoisotopic (exact) mass is 179 g/mol. The van der Waals surface area contributed by atoms with Gasteiger partial charge in [0.05, 0.1) is 6.29 Å². The molecule has 0 spiro atoms. The third-order valence-electron chi connectivity index (χ3n) is 0.860. The van der Waals surface area contributed by atoms with E-state index in [1.807, 2.05) is 6.07 Å². The van der Waals surface area contributed by atoms with Crippen LogP contribution >= 0.6 is 0 Å². The number of hydrogen-bond donors (Lipinski definition) is 0. The fourth-order valence-electron chi connectivity index (χ4n) is 0.481. The number of hydrogen-bond acceptors (Lipinski definition) is 1. The molecule has 0 aliphatic heterocycles. The van der Waals surface area contributed by atoms with Crippen LogP contribution in [0.4, 0.5) is 0 Å². The molecule has 0 aliphatic rings. The first-order valence-corrected chi connectivity index (χ1v) is 2.35. The topological polar surface area (TPSA) is 48.6 Å². The molecule has 0 unspecified atom stereocenters. The summed E-state index contributed by atoms with van der Waals surface area (Å²) in [6.07, 6.45) is 0.778. The zero-order chi connectivity index (χ0) is 5.82. The molecule has 1 aromatic carbocycles. The SMILES string of the molecule is O.O=Cc1[c-]cccc1.[Fe]. The zero-order valence-corrected chi connectivity index (χ0v) is 6.25. The molecular formula is C7H7FeO2-. The molecular weight excluding hydrogens is 172 g/mol. The van der Waals surface area contributed by atoms with Gasteiger partial charge in [-0.3, -0.25) is 0 Å². The van der Waals surface area contributed by atoms with Crippen molar-refractivity contribution in [1.82, 2.24) is 0 Å². The minimum absolute atomic E-state index is 0. The van der Waals surface area contributed by atoms with Crippen molar-refractivity contribution in [2.75, 3.05) is 0 Å². The fourth-order valence-corrected chi connectivity index (χ4v) is 0.481. The van der Waals surface area contributed by atoms with Crippen LogP contribution in [0.2, 0.25) is 0 Å². The molecule has 2 N–H and O–H groups in total. The number of carbonyl (C=O) groups is 1. The maximum absolute atomic E-state index is 9.98. The van der Waals surface area contributed by atoms with Crippen molar-refractivity contribution in [1.29, 1.82) is 0 Å². The second kappa shape index (κ2) is 6.49. The number of carbonyl (C=O) groups excluding carboxylic acids is 1. The van der Waals surface area contributed by atoms with Gasteiger partial charge in [0.25, 0.3) is 0 Å². The predicted octanol–water partition coefficient (Wildman–Crippen LogP) is 0.472. The van der Waals surface area contributed by atoms with E-state index in [0.717, 1.165) is 6.29 Å². The fraction of sp³-hybridized carbons (Fsp3) is 0. The molecule has 2 nitrogen and oxygen atoms in total. The van der Waals surface area contributed by atoms with Crippen molar-refractivity contribution in [2.24, 2.45) is 0 Å². The van der Waals surface area contributed by atoms with Crippen molar-refractivity contribution in [3.8, 4) is 0 Å². The molecule has 0 saturated carbocycles. The average Bonchev–Trinajstić information content (AvgIpc) is 1.90. The maximum Gasteiger partial charge on any atom is 0.0655 e. The first-order valence-electron chi connectivity index (χ1n) is 2.35. The van der Waals surface area contributed by atoms with E-state index in [2.05, 4.69) is 6.07 Å². The van der Waals surface area contributed by atoms with Gasteiger partial charge >= 0.3 is 0 Å².